The summed E-state index contributed by atoms with van der Waals surface area (Å²) in [6.07, 6.45) is 0. The summed E-state index contributed by atoms with van der Waals surface area (Å²) in [6, 6.07) is 16.6. The molecule has 0 bridgehead atoms. The molecule has 0 saturated heterocycles. The van der Waals surface area contributed by atoms with E-state index in [2.05, 4.69) is 55.3 Å². The first-order valence-corrected chi connectivity index (χ1v) is 6.22. The molecular weight excluding hydrogens is 220 g/mol. The molecule has 0 atom stereocenters. The highest BCUT2D eigenvalue weighted by Gasteiger charge is 2.03. The maximum absolute atomic E-state index is 5.69. The number of nitrogens with two attached hydrogens (primary N) is 1. The van der Waals surface area contributed by atoms with Gasteiger partial charge in [-0.15, -0.1) is 0 Å². The van der Waals surface area contributed by atoms with E-state index in [0.29, 0.717) is 0 Å². The molecule has 2 rings (SSSR count). The van der Waals surface area contributed by atoms with Gasteiger partial charge < -0.3 is 5.73 Å². The third-order valence-electron chi connectivity index (χ3n) is 3.13. The third-order valence-corrected chi connectivity index (χ3v) is 3.13. The maximum Gasteiger partial charge on any atom is 0.0314 e. The Balaban J connectivity index is 1.99. The van der Waals surface area contributed by atoms with E-state index in [4.69, 9.17) is 5.73 Å². The van der Waals surface area contributed by atoms with Crippen LogP contribution in [0.2, 0.25) is 0 Å². The Bertz CT molecular complexity index is 503. The molecule has 0 unspecified atom stereocenters. The van der Waals surface area contributed by atoms with Crippen molar-refractivity contribution in [1.29, 1.82) is 0 Å². The molecule has 94 valence electrons. The predicted octanol–water partition coefficient (Wildman–Crippen LogP) is 3.21. The van der Waals surface area contributed by atoms with Crippen LogP contribution in [0, 0.1) is 6.92 Å². The van der Waals surface area contributed by atoms with Crippen molar-refractivity contribution < 1.29 is 0 Å². The highest BCUT2D eigenvalue weighted by atomic mass is 15.1. The van der Waals surface area contributed by atoms with Crippen LogP contribution >= 0.6 is 0 Å². The van der Waals surface area contributed by atoms with Crippen molar-refractivity contribution in [3.63, 3.8) is 0 Å². The van der Waals surface area contributed by atoms with E-state index in [1.165, 1.54) is 16.7 Å². The second kappa shape index (κ2) is 5.69. The minimum Gasteiger partial charge on any atom is -0.399 e. The van der Waals surface area contributed by atoms with Crippen LogP contribution in [0.15, 0.2) is 48.5 Å². The summed E-state index contributed by atoms with van der Waals surface area (Å²) in [5, 5.41) is 0. The van der Waals surface area contributed by atoms with Crippen molar-refractivity contribution in [2.24, 2.45) is 0 Å². The molecule has 0 heterocycles. The monoisotopic (exact) mass is 240 g/mol. The van der Waals surface area contributed by atoms with Gasteiger partial charge >= 0.3 is 0 Å². The minimum absolute atomic E-state index is 0.820. The Kier molecular flexibility index (Phi) is 4.00. The number of nitrogens with zero attached hydrogens (tertiary/aromatic N) is 1. The van der Waals surface area contributed by atoms with Crippen LogP contribution in [-0.4, -0.2) is 11.9 Å². The molecule has 18 heavy (non-hydrogen) atoms. The number of hydrogen-bond acceptors (Lipinski definition) is 2. The highest BCUT2D eigenvalue weighted by molar-refractivity contribution is 5.39. The van der Waals surface area contributed by atoms with Gasteiger partial charge in [-0.05, 0) is 42.8 Å². The Morgan fingerprint density at radius 1 is 0.944 bits per heavy atom. The predicted molar refractivity (Wildman–Crippen MR) is 77.2 cm³/mol. The quantitative estimate of drug-likeness (QED) is 0.831. The summed E-state index contributed by atoms with van der Waals surface area (Å²) >= 11 is 0. The van der Waals surface area contributed by atoms with Crippen molar-refractivity contribution >= 4 is 5.69 Å². The van der Waals surface area contributed by atoms with E-state index in [9.17, 15) is 0 Å². The van der Waals surface area contributed by atoms with Crippen LogP contribution in [0.4, 0.5) is 5.69 Å². The number of aryl methyl sites for hydroxylation is 1. The largest absolute Gasteiger partial charge is 0.399 e. The van der Waals surface area contributed by atoms with Gasteiger partial charge in [0.1, 0.15) is 0 Å². The molecule has 0 saturated carbocycles. The number of nitrogen functional groups attached to an aromatic ring is 1. The molecule has 0 fully saturated rings. The van der Waals surface area contributed by atoms with E-state index in [1.54, 1.807) is 0 Å². The average molecular weight is 240 g/mol. The summed E-state index contributed by atoms with van der Waals surface area (Å²) in [5.74, 6) is 0. The Morgan fingerprint density at radius 2 is 1.61 bits per heavy atom. The standard InChI is InChI=1S/C16H20N2/c1-13-5-3-4-6-15(13)12-18(2)11-14-7-9-16(17)10-8-14/h3-10H,11-12,17H2,1-2H3. The number of hydrogen-bond donors (Lipinski definition) is 1. The molecule has 0 amide bonds. The fraction of sp³-hybridized carbons (Fsp3) is 0.250. The van der Waals surface area contributed by atoms with Crippen molar-refractivity contribution in [2.45, 2.75) is 20.0 Å². The van der Waals surface area contributed by atoms with Gasteiger partial charge in [-0.2, -0.15) is 0 Å². The van der Waals surface area contributed by atoms with E-state index < -0.39 is 0 Å². The smallest absolute Gasteiger partial charge is 0.0314 e. The fourth-order valence-corrected chi connectivity index (χ4v) is 2.07. The lowest BCUT2D eigenvalue weighted by molar-refractivity contribution is 0.318. The minimum atomic E-state index is 0.820. The van der Waals surface area contributed by atoms with Crippen LogP contribution in [-0.2, 0) is 13.1 Å². The molecule has 0 aromatic heterocycles. The van der Waals surface area contributed by atoms with Crippen molar-refractivity contribution in [3.05, 3.63) is 65.2 Å². The molecule has 2 heteroatoms. The summed E-state index contributed by atoms with van der Waals surface area (Å²) in [4.78, 5) is 2.31. The van der Waals surface area contributed by atoms with Gasteiger partial charge in [-0.3, -0.25) is 4.90 Å². The van der Waals surface area contributed by atoms with E-state index in [1.807, 2.05) is 12.1 Å². The molecule has 2 aromatic carbocycles. The molecule has 0 aliphatic carbocycles. The van der Waals surface area contributed by atoms with Crippen molar-refractivity contribution in [2.75, 3.05) is 12.8 Å². The third kappa shape index (κ3) is 3.34. The molecule has 2 nitrogen and oxygen atoms in total. The second-order valence-corrected chi connectivity index (χ2v) is 4.84. The highest BCUT2D eigenvalue weighted by Crippen LogP contribution is 2.12. The number of anilines is 1. The molecule has 2 aromatic rings. The summed E-state index contributed by atoms with van der Waals surface area (Å²) in [6.45, 7) is 4.07. The van der Waals surface area contributed by atoms with Crippen molar-refractivity contribution in [3.8, 4) is 0 Å². The lowest BCUT2D eigenvalue weighted by Gasteiger charge is -2.18. The molecule has 0 aliphatic rings. The first-order valence-electron chi connectivity index (χ1n) is 6.22. The summed E-state index contributed by atoms with van der Waals surface area (Å²) < 4.78 is 0. The van der Waals surface area contributed by atoms with E-state index >= 15 is 0 Å². The topological polar surface area (TPSA) is 29.3 Å². The first-order chi connectivity index (χ1) is 8.65. The van der Waals surface area contributed by atoms with Gasteiger partial charge in [-0.25, -0.2) is 0 Å². The van der Waals surface area contributed by atoms with Gasteiger partial charge in [0, 0.05) is 18.8 Å². The van der Waals surface area contributed by atoms with Crippen molar-refractivity contribution in [1.82, 2.24) is 4.90 Å². The maximum atomic E-state index is 5.69. The van der Waals surface area contributed by atoms with Gasteiger partial charge in [0.2, 0.25) is 0 Å². The number of rotatable bonds is 4. The number of benzene rings is 2. The Labute approximate surface area is 109 Å². The molecule has 0 spiro atoms. The van der Waals surface area contributed by atoms with Crippen LogP contribution < -0.4 is 5.73 Å². The van der Waals surface area contributed by atoms with Crippen LogP contribution in [0.1, 0.15) is 16.7 Å². The van der Waals surface area contributed by atoms with Gasteiger partial charge in [0.05, 0.1) is 0 Å². The SMILES string of the molecule is Cc1ccccc1CN(C)Cc1ccc(N)cc1. The Morgan fingerprint density at radius 3 is 2.28 bits per heavy atom. The lowest BCUT2D eigenvalue weighted by Crippen LogP contribution is -2.17. The van der Waals surface area contributed by atoms with Crippen LogP contribution in [0.3, 0.4) is 0 Å². The first kappa shape index (κ1) is 12.7. The Hall–Kier alpha value is -1.80. The molecule has 0 aliphatic heterocycles. The van der Waals surface area contributed by atoms with Gasteiger partial charge in [0.25, 0.3) is 0 Å². The molecular formula is C16H20N2. The molecule has 0 radical (unpaired) electrons. The lowest BCUT2D eigenvalue weighted by atomic mass is 10.1. The zero-order chi connectivity index (χ0) is 13.0. The second-order valence-electron chi connectivity index (χ2n) is 4.84. The molecule has 2 N–H and O–H groups in total. The normalized spacial score (nSPS) is 10.8. The fourth-order valence-electron chi connectivity index (χ4n) is 2.07. The van der Waals surface area contributed by atoms with E-state index in [-0.39, 0.29) is 0 Å². The summed E-state index contributed by atoms with van der Waals surface area (Å²) in [7, 11) is 2.14. The van der Waals surface area contributed by atoms with Gasteiger partial charge in [-0.1, -0.05) is 36.4 Å². The summed E-state index contributed by atoms with van der Waals surface area (Å²) in [5.41, 5.74) is 10.5. The van der Waals surface area contributed by atoms with Crippen LogP contribution in [0.25, 0.3) is 0 Å². The van der Waals surface area contributed by atoms with Crippen LogP contribution in [0.5, 0.6) is 0 Å². The zero-order valence-corrected chi connectivity index (χ0v) is 11.1. The zero-order valence-electron chi connectivity index (χ0n) is 11.1. The van der Waals surface area contributed by atoms with E-state index in [0.717, 1.165) is 18.8 Å². The average Bonchev–Trinajstić information content (AvgIpc) is 2.35. The van der Waals surface area contributed by atoms with Gasteiger partial charge in [0.15, 0.2) is 0 Å².